The summed E-state index contributed by atoms with van der Waals surface area (Å²) in [5.74, 6) is 1.42. The SMILES string of the molecule is COc1ccc(OC)c(C(=O)N[C@@H](C)C(C)C)c1. The molecule has 0 radical (unpaired) electrons. The van der Waals surface area contributed by atoms with Gasteiger partial charge in [-0.2, -0.15) is 0 Å². The normalized spacial score (nSPS) is 12.1. The van der Waals surface area contributed by atoms with Crippen molar-refractivity contribution >= 4 is 5.91 Å². The van der Waals surface area contributed by atoms with E-state index >= 15 is 0 Å². The smallest absolute Gasteiger partial charge is 0.255 e. The van der Waals surface area contributed by atoms with Crippen LogP contribution in [-0.2, 0) is 0 Å². The van der Waals surface area contributed by atoms with Gasteiger partial charge in [0.2, 0.25) is 0 Å². The molecule has 100 valence electrons. The van der Waals surface area contributed by atoms with Gasteiger partial charge in [-0.15, -0.1) is 0 Å². The van der Waals surface area contributed by atoms with Crippen molar-refractivity contribution in [2.75, 3.05) is 14.2 Å². The third kappa shape index (κ3) is 3.39. The molecule has 0 aliphatic heterocycles. The minimum absolute atomic E-state index is 0.105. The number of nitrogens with one attached hydrogen (secondary N) is 1. The summed E-state index contributed by atoms with van der Waals surface area (Å²) in [5.41, 5.74) is 0.490. The van der Waals surface area contributed by atoms with E-state index < -0.39 is 0 Å². The first-order valence-electron chi connectivity index (χ1n) is 6.02. The van der Waals surface area contributed by atoms with Gasteiger partial charge < -0.3 is 14.8 Å². The Balaban J connectivity index is 2.96. The molecular formula is C14H21NO3. The van der Waals surface area contributed by atoms with E-state index in [2.05, 4.69) is 19.2 Å². The van der Waals surface area contributed by atoms with E-state index in [1.54, 1.807) is 32.4 Å². The zero-order valence-corrected chi connectivity index (χ0v) is 11.6. The monoisotopic (exact) mass is 251 g/mol. The second-order valence-electron chi connectivity index (χ2n) is 4.57. The van der Waals surface area contributed by atoms with E-state index in [1.807, 2.05) is 6.92 Å². The van der Waals surface area contributed by atoms with Gasteiger partial charge in [0, 0.05) is 6.04 Å². The van der Waals surface area contributed by atoms with Gasteiger partial charge in [0.1, 0.15) is 11.5 Å². The molecule has 0 aliphatic rings. The van der Waals surface area contributed by atoms with Crippen LogP contribution >= 0.6 is 0 Å². The van der Waals surface area contributed by atoms with Crippen molar-refractivity contribution in [2.24, 2.45) is 5.92 Å². The summed E-state index contributed by atoms with van der Waals surface area (Å²) in [7, 11) is 3.12. The molecular weight excluding hydrogens is 230 g/mol. The van der Waals surface area contributed by atoms with Crippen LogP contribution in [0.25, 0.3) is 0 Å². The number of hydrogen-bond acceptors (Lipinski definition) is 3. The molecule has 1 aromatic carbocycles. The van der Waals surface area contributed by atoms with Crippen molar-refractivity contribution in [2.45, 2.75) is 26.8 Å². The van der Waals surface area contributed by atoms with Crippen LogP contribution in [0.15, 0.2) is 18.2 Å². The average Bonchev–Trinajstić information content (AvgIpc) is 2.37. The van der Waals surface area contributed by atoms with E-state index in [9.17, 15) is 4.79 Å². The van der Waals surface area contributed by atoms with Gasteiger partial charge in [-0.3, -0.25) is 4.79 Å². The van der Waals surface area contributed by atoms with Gasteiger partial charge in [0.15, 0.2) is 0 Å². The molecule has 1 atom stereocenters. The Kier molecular flexibility index (Phi) is 5.01. The summed E-state index contributed by atoms with van der Waals surface area (Å²) in [4.78, 5) is 12.2. The molecule has 0 unspecified atom stereocenters. The number of rotatable bonds is 5. The lowest BCUT2D eigenvalue weighted by molar-refractivity contribution is 0.0927. The van der Waals surface area contributed by atoms with Crippen LogP contribution in [0.2, 0.25) is 0 Å². The van der Waals surface area contributed by atoms with Crippen LogP contribution < -0.4 is 14.8 Å². The molecule has 1 rings (SSSR count). The number of carbonyl (C=O) groups is 1. The second-order valence-corrected chi connectivity index (χ2v) is 4.57. The Bertz CT molecular complexity index is 416. The fourth-order valence-electron chi connectivity index (χ4n) is 1.44. The first-order valence-corrected chi connectivity index (χ1v) is 6.02. The van der Waals surface area contributed by atoms with Crippen LogP contribution in [0.3, 0.4) is 0 Å². The topological polar surface area (TPSA) is 47.6 Å². The Labute approximate surface area is 108 Å². The minimum atomic E-state index is -0.146. The maximum Gasteiger partial charge on any atom is 0.255 e. The van der Waals surface area contributed by atoms with Crippen molar-refractivity contribution in [1.29, 1.82) is 0 Å². The molecule has 0 saturated carbocycles. The summed E-state index contributed by atoms with van der Waals surface area (Å²) in [6.07, 6.45) is 0. The molecule has 0 aliphatic carbocycles. The molecule has 1 amide bonds. The van der Waals surface area contributed by atoms with Gasteiger partial charge in [0.05, 0.1) is 19.8 Å². The lowest BCUT2D eigenvalue weighted by Gasteiger charge is -2.18. The van der Waals surface area contributed by atoms with Crippen molar-refractivity contribution in [3.8, 4) is 11.5 Å². The first-order chi connectivity index (χ1) is 8.49. The number of ether oxygens (including phenoxy) is 2. The van der Waals surface area contributed by atoms with Crippen molar-refractivity contribution in [3.63, 3.8) is 0 Å². The number of hydrogen-bond donors (Lipinski definition) is 1. The van der Waals surface area contributed by atoms with Gasteiger partial charge in [-0.05, 0) is 31.0 Å². The summed E-state index contributed by atoms with van der Waals surface area (Å²) in [6.45, 7) is 6.11. The predicted molar refractivity (Wildman–Crippen MR) is 71.3 cm³/mol. The van der Waals surface area contributed by atoms with Crippen molar-refractivity contribution in [1.82, 2.24) is 5.32 Å². The van der Waals surface area contributed by atoms with Crippen LogP contribution in [0.5, 0.6) is 11.5 Å². The van der Waals surface area contributed by atoms with Gasteiger partial charge in [-0.25, -0.2) is 0 Å². The molecule has 0 heterocycles. The molecule has 4 nitrogen and oxygen atoms in total. The minimum Gasteiger partial charge on any atom is -0.497 e. The van der Waals surface area contributed by atoms with Crippen LogP contribution in [0.1, 0.15) is 31.1 Å². The van der Waals surface area contributed by atoms with E-state index in [4.69, 9.17) is 9.47 Å². The quantitative estimate of drug-likeness (QED) is 0.874. The van der Waals surface area contributed by atoms with E-state index in [0.29, 0.717) is 23.0 Å². The van der Waals surface area contributed by atoms with Crippen LogP contribution in [-0.4, -0.2) is 26.2 Å². The maximum atomic E-state index is 12.2. The Hall–Kier alpha value is -1.71. The zero-order valence-electron chi connectivity index (χ0n) is 11.6. The van der Waals surface area contributed by atoms with E-state index in [1.165, 1.54) is 0 Å². The Morgan fingerprint density at radius 2 is 1.83 bits per heavy atom. The third-order valence-corrected chi connectivity index (χ3v) is 3.01. The molecule has 0 spiro atoms. The van der Waals surface area contributed by atoms with Gasteiger partial charge >= 0.3 is 0 Å². The second kappa shape index (κ2) is 6.28. The summed E-state index contributed by atoms with van der Waals surface area (Å²) in [5, 5.41) is 2.95. The number of benzene rings is 1. The first kappa shape index (κ1) is 14.4. The summed E-state index contributed by atoms with van der Waals surface area (Å²) in [6, 6.07) is 5.28. The van der Waals surface area contributed by atoms with Gasteiger partial charge in [0.25, 0.3) is 5.91 Å². The molecule has 0 fully saturated rings. The molecule has 0 aromatic heterocycles. The zero-order chi connectivity index (χ0) is 13.7. The molecule has 18 heavy (non-hydrogen) atoms. The molecule has 0 saturated heterocycles. The highest BCUT2D eigenvalue weighted by atomic mass is 16.5. The Morgan fingerprint density at radius 3 is 2.33 bits per heavy atom. The number of methoxy groups -OCH3 is 2. The third-order valence-electron chi connectivity index (χ3n) is 3.01. The largest absolute Gasteiger partial charge is 0.497 e. The fraction of sp³-hybridized carbons (Fsp3) is 0.500. The lowest BCUT2D eigenvalue weighted by atomic mass is 10.1. The average molecular weight is 251 g/mol. The number of carbonyl (C=O) groups excluding carboxylic acids is 1. The van der Waals surface area contributed by atoms with Crippen molar-refractivity contribution in [3.05, 3.63) is 23.8 Å². The van der Waals surface area contributed by atoms with Crippen LogP contribution in [0, 0.1) is 5.92 Å². The standard InChI is InChI=1S/C14H21NO3/c1-9(2)10(3)15-14(16)12-8-11(17-4)6-7-13(12)18-5/h6-10H,1-5H3,(H,15,16)/t10-/m0/s1. The highest BCUT2D eigenvalue weighted by molar-refractivity contribution is 5.97. The molecule has 1 aromatic rings. The summed E-state index contributed by atoms with van der Waals surface area (Å²) < 4.78 is 10.3. The number of amides is 1. The lowest BCUT2D eigenvalue weighted by Crippen LogP contribution is -2.36. The maximum absolute atomic E-state index is 12.2. The van der Waals surface area contributed by atoms with Gasteiger partial charge in [-0.1, -0.05) is 13.8 Å². The Morgan fingerprint density at radius 1 is 1.17 bits per heavy atom. The van der Waals surface area contributed by atoms with Crippen LogP contribution in [0.4, 0.5) is 0 Å². The fourth-order valence-corrected chi connectivity index (χ4v) is 1.44. The van der Waals surface area contributed by atoms with Crippen molar-refractivity contribution < 1.29 is 14.3 Å². The summed E-state index contributed by atoms with van der Waals surface area (Å²) >= 11 is 0. The molecule has 1 N–H and O–H groups in total. The molecule has 4 heteroatoms. The van der Waals surface area contributed by atoms with E-state index in [-0.39, 0.29) is 11.9 Å². The van der Waals surface area contributed by atoms with E-state index in [0.717, 1.165) is 0 Å². The predicted octanol–water partition coefficient (Wildman–Crippen LogP) is 2.48. The molecule has 0 bridgehead atoms. The highest BCUT2D eigenvalue weighted by Crippen LogP contribution is 2.24. The highest BCUT2D eigenvalue weighted by Gasteiger charge is 2.17.